The van der Waals surface area contributed by atoms with E-state index in [1.54, 1.807) is 6.92 Å². The van der Waals surface area contributed by atoms with Crippen LogP contribution in [0.25, 0.3) is 0 Å². The first-order valence-corrected chi connectivity index (χ1v) is 6.82. The van der Waals surface area contributed by atoms with Crippen LogP contribution in [0, 0.1) is 29.2 Å². The molecule has 0 spiro atoms. The average Bonchev–Trinajstić information content (AvgIpc) is 2.72. The topological polar surface area (TPSA) is 37.4 Å². The van der Waals surface area contributed by atoms with E-state index in [1.807, 2.05) is 0 Å². The summed E-state index contributed by atoms with van der Waals surface area (Å²) in [6.07, 6.45) is -5.53. The van der Waals surface area contributed by atoms with Crippen LogP contribution >= 0.6 is 0 Å². The van der Waals surface area contributed by atoms with Gasteiger partial charge in [0, 0.05) is 12.3 Å². The molecule has 2 amide bonds. The fourth-order valence-electron chi connectivity index (χ4n) is 2.57. The summed E-state index contributed by atoms with van der Waals surface area (Å²) in [5.41, 5.74) is -4.52. The largest absolute Gasteiger partial charge is 0.422 e. The van der Waals surface area contributed by atoms with Gasteiger partial charge in [0.05, 0.1) is 0 Å². The smallest absolute Gasteiger partial charge is 0.274 e. The number of carbonyl (C=O) groups is 2. The maximum absolute atomic E-state index is 13.9. The Morgan fingerprint density at radius 3 is 1.92 bits per heavy atom. The predicted molar refractivity (Wildman–Crippen MR) is 66.8 cm³/mol. The first kappa shape index (κ1) is 18.2. The van der Waals surface area contributed by atoms with E-state index in [0.717, 1.165) is 0 Å². The molecule has 1 aliphatic heterocycles. The molecule has 1 fully saturated rings. The van der Waals surface area contributed by atoms with Gasteiger partial charge in [-0.15, -0.1) is 0 Å². The molecule has 10 heteroatoms. The molecule has 1 unspecified atom stereocenters. The van der Waals surface area contributed by atoms with Crippen LogP contribution in [0.5, 0.6) is 0 Å². The molecule has 1 saturated heterocycles. The van der Waals surface area contributed by atoms with Gasteiger partial charge in [-0.25, -0.2) is 22.5 Å². The molecule has 1 atom stereocenters. The standard InChI is InChI=1S/C14H10F7NO2/c1-2-3-5-4-6(23)22(13(5)24)12-10(17)8(15)7(14(19,20)21)9(16)11(12)18/h5H,2-4H2,1H3. The zero-order valence-electron chi connectivity index (χ0n) is 12.1. The van der Waals surface area contributed by atoms with Crippen LogP contribution < -0.4 is 4.90 Å². The van der Waals surface area contributed by atoms with Gasteiger partial charge in [0.2, 0.25) is 11.8 Å². The third-order valence-corrected chi connectivity index (χ3v) is 3.62. The Hall–Kier alpha value is -2.13. The molecule has 0 aliphatic carbocycles. The molecule has 1 aromatic rings. The number of imide groups is 1. The van der Waals surface area contributed by atoms with E-state index in [1.165, 1.54) is 0 Å². The Morgan fingerprint density at radius 2 is 1.50 bits per heavy atom. The van der Waals surface area contributed by atoms with Crippen molar-refractivity contribution in [2.24, 2.45) is 5.92 Å². The first-order chi connectivity index (χ1) is 11.0. The Labute approximate surface area is 131 Å². The zero-order valence-corrected chi connectivity index (χ0v) is 12.1. The molecule has 1 heterocycles. The highest BCUT2D eigenvalue weighted by Crippen LogP contribution is 2.41. The second-order valence-electron chi connectivity index (χ2n) is 5.23. The molecule has 1 aromatic carbocycles. The minimum absolute atomic E-state index is 0.128. The van der Waals surface area contributed by atoms with Gasteiger partial charge in [-0.05, 0) is 6.42 Å². The molecule has 2 rings (SSSR count). The van der Waals surface area contributed by atoms with Crippen molar-refractivity contribution in [3.05, 3.63) is 28.8 Å². The molecule has 0 radical (unpaired) electrons. The first-order valence-electron chi connectivity index (χ1n) is 6.82. The molecular formula is C14H10F7NO2. The van der Waals surface area contributed by atoms with Crippen LogP contribution in [-0.2, 0) is 15.8 Å². The fraction of sp³-hybridized carbons (Fsp3) is 0.429. The number of hydrogen-bond acceptors (Lipinski definition) is 2. The maximum atomic E-state index is 13.9. The summed E-state index contributed by atoms with van der Waals surface area (Å²) in [5.74, 6) is -13.5. The number of nitrogens with zero attached hydrogens (tertiary/aromatic N) is 1. The van der Waals surface area contributed by atoms with Crippen molar-refractivity contribution in [3.8, 4) is 0 Å². The summed E-state index contributed by atoms with van der Waals surface area (Å²) < 4.78 is 92.6. The number of hydrogen-bond donors (Lipinski definition) is 0. The second kappa shape index (κ2) is 6.06. The quantitative estimate of drug-likeness (QED) is 0.467. The zero-order chi connectivity index (χ0) is 18.4. The van der Waals surface area contributed by atoms with Crippen molar-refractivity contribution >= 4 is 17.5 Å². The molecule has 1 aliphatic rings. The fourth-order valence-corrected chi connectivity index (χ4v) is 2.57. The molecular weight excluding hydrogens is 347 g/mol. The lowest BCUT2D eigenvalue weighted by Gasteiger charge is -2.19. The summed E-state index contributed by atoms with van der Waals surface area (Å²) >= 11 is 0. The van der Waals surface area contributed by atoms with Crippen molar-refractivity contribution < 1.29 is 40.3 Å². The monoisotopic (exact) mass is 357 g/mol. The van der Waals surface area contributed by atoms with Gasteiger partial charge in [0.25, 0.3) is 0 Å². The van der Waals surface area contributed by atoms with Crippen LogP contribution in [-0.4, -0.2) is 11.8 Å². The molecule has 132 valence electrons. The normalized spacial score (nSPS) is 18.7. The van der Waals surface area contributed by atoms with E-state index in [2.05, 4.69) is 0 Å². The number of benzene rings is 1. The van der Waals surface area contributed by atoms with E-state index in [4.69, 9.17) is 0 Å². The minimum Gasteiger partial charge on any atom is -0.274 e. The molecule has 0 saturated carbocycles. The number of amides is 2. The lowest BCUT2D eigenvalue weighted by atomic mass is 10.0. The van der Waals surface area contributed by atoms with Gasteiger partial charge in [0.1, 0.15) is 11.3 Å². The third-order valence-electron chi connectivity index (χ3n) is 3.62. The van der Waals surface area contributed by atoms with Gasteiger partial charge in [-0.2, -0.15) is 13.2 Å². The number of alkyl halides is 3. The van der Waals surface area contributed by atoms with Crippen molar-refractivity contribution in [1.82, 2.24) is 0 Å². The lowest BCUT2D eigenvalue weighted by Crippen LogP contribution is -2.33. The molecule has 0 aromatic heterocycles. The van der Waals surface area contributed by atoms with Gasteiger partial charge in [-0.1, -0.05) is 13.3 Å². The summed E-state index contributed by atoms with van der Waals surface area (Å²) in [4.78, 5) is 23.7. The lowest BCUT2D eigenvalue weighted by molar-refractivity contribution is -0.143. The van der Waals surface area contributed by atoms with Crippen molar-refractivity contribution in [2.75, 3.05) is 4.90 Å². The Balaban J connectivity index is 2.65. The van der Waals surface area contributed by atoms with E-state index in [0.29, 0.717) is 6.42 Å². The number of anilines is 1. The van der Waals surface area contributed by atoms with Crippen molar-refractivity contribution in [2.45, 2.75) is 32.4 Å². The predicted octanol–water partition coefficient (Wildman–Crippen LogP) is 3.94. The van der Waals surface area contributed by atoms with Gasteiger partial charge < -0.3 is 0 Å². The SMILES string of the molecule is CCCC1CC(=O)N(c2c(F)c(F)c(C(F)(F)F)c(F)c2F)C1=O. The second-order valence-corrected chi connectivity index (χ2v) is 5.23. The van der Waals surface area contributed by atoms with Crippen LogP contribution in [0.3, 0.4) is 0 Å². The number of rotatable bonds is 3. The van der Waals surface area contributed by atoms with Gasteiger partial charge in [0.15, 0.2) is 23.3 Å². The summed E-state index contributed by atoms with van der Waals surface area (Å²) in [5, 5.41) is 0. The Morgan fingerprint density at radius 1 is 1.00 bits per heavy atom. The Kier molecular flexibility index (Phi) is 4.60. The molecule has 3 nitrogen and oxygen atoms in total. The van der Waals surface area contributed by atoms with Crippen molar-refractivity contribution in [1.29, 1.82) is 0 Å². The third kappa shape index (κ3) is 2.73. The van der Waals surface area contributed by atoms with E-state index >= 15 is 0 Å². The maximum Gasteiger partial charge on any atom is 0.422 e. The molecule has 24 heavy (non-hydrogen) atoms. The molecule has 0 N–H and O–H groups in total. The van der Waals surface area contributed by atoms with Crippen LogP contribution in [0.15, 0.2) is 0 Å². The highest BCUT2D eigenvalue weighted by Gasteiger charge is 2.47. The number of halogens is 7. The van der Waals surface area contributed by atoms with Crippen LogP contribution in [0.2, 0.25) is 0 Å². The van der Waals surface area contributed by atoms with Crippen LogP contribution in [0.1, 0.15) is 31.7 Å². The summed E-state index contributed by atoms with van der Waals surface area (Å²) in [7, 11) is 0. The Bertz CT molecular complexity index is 685. The van der Waals surface area contributed by atoms with E-state index < -0.39 is 64.8 Å². The van der Waals surface area contributed by atoms with E-state index in [-0.39, 0.29) is 11.3 Å². The number of carbonyl (C=O) groups excluding carboxylic acids is 2. The van der Waals surface area contributed by atoms with Crippen LogP contribution in [0.4, 0.5) is 36.4 Å². The minimum atomic E-state index is -5.70. The summed E-state index contributed by atoms with van der Waals surface area (Å²) in [6.45, 7) is 1.67. The van der Waals surface area contributed by atoms with E-state index in [9.17, 15) is 40.3 Å². The van der Waals surface area contributed by atoms with Crippen molar-refractivity contribution in [3.63, 3.8) is 0 Å². The highest BCUT2D eigenvalue weighted by atomic mass is 19.4. The average molecular weight is 357 g/mol. The molecule has 0 bridgehead atoms. The van der Waals surface area contributed by atoms with Gasteiger partial charge in [-0.3, -0.25) is 9.59 Å². The summed E-state index contributed by atoms with van der Waals surface area (Å²) in [6, 6.07) is 0. The van der Waals surface area contributed by atoms with Gasteiger partial charge >= 0.3 is 6.18 Å². The highest BCUT2D eigenvalue weighted by molar-refractivity contribution is 6.21.